The normalized spacial score (nSPS) is 23.8. The van der Waals surface area contributed by atoms with Crippen LogP contribution in [0.4, 0.5) is 0 Å². The smallest absolute Gasteiger partial charge is 0.161 e. The van der Waals surface area contributed by atoms with Crippen LogP contribution in [0.1, 0.15) is 24.8 Å². The number of rotatable bonds is 3. The van der Waals surface area contributed by atoms with E-state index in [1.165, 1.54) is 5.56 Å². The van der Waals surface area contributed by atoms with Gasteiger partial charge in [0.05, 0.1) is 14.2 Å². The van der Waals surface area contributed by atoms with Crippen molar-refractivity contribution in [3.8, 4) is 11.5 Å². The third kappa shape index (κ3) is 2.64. The third-order valence-electron chi connectivity index (χ3n) is 3.69. The van der Waals surface area contributed by atoms with Crippen molar-refractivity contribution in [1.82, 2.24) is 5.32 Å². The van der Waals surface area contributed by atoms with E-state index < -0.39 is 0 Å². The summed E-state index contributed by atoms with van der Waals surface area (Å²) in [6, 6.07) is 4.11. The molecular weight excluding hydrogens is 294 g/mol. The highest BCUT2D eigenvalue weighted by Gasteiger charge is 2.25. The Morgan fingerprint density at radius 2 is 1.89 bits per heavy atom. The molecule has 1 saturated heterocycles. The molecule has 0 radical (unpaired) electrons. The summed E-state index contributed by atoms with van der Waals surface area (Å²) in [4.78, 5) is 0. The Bertz CT molecular complexity index is 423. The van der Waals surface area contributed by atoms with Gasteiger partial charge in [-0.1, -0.05) is 22.9 Å². The van der Waals surface area contributed by atoms with Crippen molar-refractivity contribution in [2.45, 2.75) is 19.3 Å². The van der Waals surface area contributed by atoms with Crippen molar-refractivity contribution in [3.05, 3.63) is 22.2 Å². The zero-order chi connectivity index (χ0) is 13.1. The van der Waals surface area contributed by atoms with Gasteiger partial charge in [-0.05, 0) is 49.0 Å². The average molecular weight is 314 g/mol. The van der Waals surface area contributed by atoms with Gasteiger partial charge in [-0.15, -0.1) is 0 Å². The summed E-state index contributed by atoms with van der Waals surface area (Å²) >= 11 is 3.66. The number of methoxy groups -OCH3 is 2. The number of hydrogen-bond acceptors (Lipinski definition) is 3. The summed E-state index contributed by atoms with van der Waals surface area (Å²) in [5.41, 5.74) is 1.32. The maximum Gasteiger partial charge on any atom is 0.161 e. The largest absolute Gasteiger partial charge is 0.493 e. The molecule has 3 nitrogen and oxygen atoms in total. The lowest BCUT2D eigenvalue weighted by Crippen LogP contribution is -2.33. The highest BCUT2D eigenvalue weighted by Crippen LogP contribution is 2.40. The zero-order valence-electron chi connectivity index (χ0n) is 11.1. The van der Waals surface area contributed by atoms with E-state index in [0.29, 0.717) is 11.8 Å². The molecule has 18 heavy (non-hydrogen) atoms. The molecular formula is C14H20BrNO2. The van der Waals surface area contributed by atoms with Gasteiger partial charge in [0.15, 0.2) is 11.5 Å². The molecule has 0 saturated carbocycles. The van der Waals surface area contributed by atoms with Crippen LogP contribution in [0.15, 0.2) is 16.6 Å². The molecule has 2 rings (SSSR count). The SMILES string of the molecule is COc1cc(Br)c(C2CCNCC2C)cc1OC. The molecule has 1 aromatic rings. The number of piperidine rings is 1. The van der Waals surface area contributed by atoms with Crippen molar-refractivity contribution in [1.29, 1.82) is 0 Å². The maximum absolute atomic E-state index is 5.40. The van der Waals surface area contributed by atoms with Gasteiger partial charge >= 0.3 is 0 Å². The second-order valence-electron chi connectivity index (χ2n) is 4.81. The highest BCUT2D eigenvalue weighted by atomic mass is 79.9. The number of halogens is 1. The van der Waals surface area contributed by atoms with E-state index in [1.54, 1.807) is 14.2 Å². The van der Waals surface area contributed by atoms with Crippen LogP contribution < -0.4 is 14.8 Å². The Labute approximate surface area is 117 Å². The topological polar surface area (TPSA) is 30.5 Å². The van der Waals surface area contributed by atoms with Gasteiger partial charge in [0.2, 0.25) is 0 Å². The van der Waals surface area contributed by atoms with Crippen molar-refractivity contribution < 1.29 is 9.47 Å². The summed E-state index contributed by atoms with van der Waals surface area (Å²) in [5, 5.41) is 3.43. The Hall–Kier alpha value is -0.740. The molecule has 0 amide bonds. The first-order chi connectivity index (χ1) is 8.67. The van der Waals surface area contributed by atoms with E-state index in [0.717, 1.165) is 35.5 Å². The molecule has 2 atom stereocenters. The standard InChI is InChI=1S/C14H20BrNO2/c1-9-8-16-5-4-10(9)11-6-13(17-2)14(18-3)7-12(11)15/h6-7,9-10,16H,4-5,8H2,1-3H3. The minimum Gasteiger partial charge on any atom is -0.493 e. The predicted molar refractivity (Wildman–Crippen MR) is 76.6 cm³/mol. The van der Waals surface area contributed by atoms with Gasteiger partial charge in [0.25, 0.3) is 0 Å². The summed E-state index contributed by atoms with van der Waals surface area (Å²) < 4.78 is 11.8. The molecule has 0 aliphatic carbocycles. The van der Waals surface area contributed by atoms with E-state index in [4.69, 9.17) is 9.47 Å². The first-order valence-electron chi connectivity index (χ1n) is 6.29. The Morgan fingerprint density at radius 3 is 2.50 bits per heavy atom. The lowest BCUT2D eigenvalue weighted by molar-refractivity contribution is 0.339. The minimum absolute atomic E-state index is 0.570. The quantitative estimate of drug-likeness (QED) is 0.929. The summed E-state index contributed by atoms with van der Waals surface area (Å²) in [6.45, 7) is 4.45. The van der Waals surface area contributed by atoms with Gasteiger partial charge in [-0.25, -0.2) is 0 Å². The van der Waals surface area contributed by atoms with Crippen LogP contribution in [-0.2, 0) is 0 Å². The number of nitrogens with one attached hydrogen (secondary N) is 1. The van der Waals surface area contributed by atoms with Crippen LogP contribution >= 0.6 is 15.9 Å². The van der Waals surface area contributed by atoms with Gasteiger partial charge < -0.3 is 14.8 Å². The minimum atomic E-state index is 0.570. The lowest BCUT2D eigenvalue weighted by Gasteiger charge is -2.31. The van der Waals surface area contributed by atoms with Gasteiger partial charge in [-0.2, -0.15) is 0 Å². The number of ether oxygens (including phenoxy) is 2. The van der Waals surface area contributed by atoms with Crippen molar-refractivity contribution >= 4 is 15.9 Å². The zero-order valence-corrected chi connectivity index (χ0v) is 12.7. The van der Waals surface area contributed by atoms with Crippen LogP contribution in [0.3, 0.4) is 0 Å². The summed E-state index contributed by atoms with van der Waals surface area (Å²) in [6.07, 6.45) is 1.16. The number of hydrogen-bond donors (Lipinski definition) is 1. The molecule has 0 aromatic heterocycles. The van der Waals surface area contributed by atoms with Crippen LogP contribution in [-0.4, -0.2) is 27.3 Å². The van der Waals surface area contributed by atoms with E-state index in [1.807, 2.05) is 6.07 Å². The van der Waals surface area contributed by atoms with E-state index >= 15 is 0 Å². The Morgan fingerprint density at radius 1 is 1.22 bits per heavy atom. The fourth-order valence-corrected chi connectivity index (χ4v) is 3.25. The molecule has 0 bridgehead atoms. The molecule has 1 heterocycles. The van der Waals surface area contributed by atoms with E-state index in [9.17, 15) is 0 Å². The molecule has 1 aliphatic heterocycles. The van der Waals surface area contributed by atoms with Gasteiger partial charge in [0, 0.05) is 4.47 Å². The monoisotopic (exact) mass is 313 g/mol. The fourth-order valence-electron chi connectivity index (χ4n) is 2.63. The van der Waals surface area contributed by atoms with Crippen molar-refractivity contribution in [2.75, 3.05) is 27.3 Å². The molecule has 2 unspecified atom stereocenters. The van der Waals surface area contributed by atoms with Crippen LogP contribution in [0.2, 0.25) is 0 Å². The maximum atomic E-state index is 5.40. The Balaban J connectivity index is 2.37. The fraction of sp³-hybridized carbons (Fsp3) is 0.571. The van der Waals surface area contributed by atoms with Crippen molar-refractivity contribution in [2.24, 2.45) is 5.92 Å². The highest BCUT2D eigenvalue weighted by molar-refractivity contribution is 9.10. The lowest BCUT2D eigenvalue weighted by atomic mass is 9.82. The van der Waals surface area contributed by atoms with Crippen molar-refractivity contribution in [3.63, 3.8) is 0 Å². The summed E-state index contributed by atoms with van der Waals surface area (Å²) in [5.74, 6) is 2.78. The molecule has 0 spiro atoms. The predicted octanol–water partition coefficient (Wildman–Crippen LogP) is 3.18. The average Bonchev–Trinajstić information content (AvgIpc) is 2.39. The van der Waals surface area contributed by atoms with Crippen LogP contribution in [0.25, 0.3) is 0 Å². The molecule has 1 fully saturated rings. The second-order valence-corrected chi connectivity index (χ2v) is 5.66. The molecule has 4 heteroatoms. The second kappa shape index (κ2) is 5.93. The Kier molecular flexibility index (Phi) is 4.51. The number of benzene rings is 1. The first kappa shape index (κ1) is 13.7. The first-order valence-corrected chi connectivity index (χ1v) is 7.08. The molecule has 1 aliphatic rings. The molecule has 1 aromatic carbocycles. The van der Waals surface area contributed by atoms with Gasteiger partial charge in [-0.3, -0.25) is 0 Å². The van der Waals surface area contributed by atoms with Crippen LogP contribution in [0.5, 0.6) is 11.5 Å². The molecule has 1 N–H and O–H groups in total. The summed E-state index contributed by atoms with van der Waals surface area (Å²) in [7, 11) is 3.35. The third-order valence-corrected chi connectivity index (χ3v) is 4.37. The van der Waals surface area contributed by atoms with E-state index in [-0.39, 0.29) is 0 Å². The van der Waals surface area contributed by atoms with Crippen LogP contribution in [0, 0.1) is 5.92 Å². The molecule has 100 valence electrons. The van der Waals surface area contributed by atoms with E-state index in [2.05, 4.69) is 34.2 Å². The van der Waals surface area contributed by atoms with Gasteiger partial charge in [0.1, 0.15) is 0 Å².